The van der Waals surface area contributed by atoms with E-state index in [4.69, 9.17) is 10.00 Å². The fraction of sp³-hybridized carbons (Fsp3) is 0.263. The third-order valence-electron chi connectivity index (χ3n) is 3.92. The average molecular weight is 385 g/mol. The summed E-state index contributed by atoms with van der Waals surface area (Å²) in [6.45, 7) is 3.61. The Morgan fingerprint density at radius 2 is 2.04 bits per heavy atom. The van der Waals surface area contributed by atoms with Crippen LogP contribution in [0.4, 0.5) is 11.4 Å². The second kappa shape index (κ2) is 8.56. The van der Waals surface area contributed by atoms with Crippen molar-refractivity contribution >= 4 is 29.0 Å². The van der Waals surface area contributed by atoms with E-state index < -0.39 is 10.8 Å². The number of amides is 1. The number of ether oxygens (including phenoxy) is 1. The highest BCUT2D eigenvalue weighted by molar-refractivity contribution is 7.98. The lowest BCUT2D eigenvalue weighted by Gasteiger charge is -2.27. The Balaban J connectivity index is 2.65. The van der Waals surface area contributed by atoms with E-state index in [-0.39, 0.29) is 17.3 Å². The quantitative estimate of drug-likeness (QED) is 0.419. The van der Waals surface area contributed by atoms with Gasteiger partial charge in [-0.2, -0.15) is 5.26 Å². The van der Waals surface area contributed by atoms with Gasteiger partial charge in [-0.25, -0.2) is 0 Å². The third kappa shape index (κ3) is 4.20. The molecule has 0 atom stereocenters. The lowest BCUT2D eigenvalue weighted by atomic mass is 10.1. The number of nitro benzene ring substituents is 1. The molecule has 0 saturated heterocycles. The van der Waals surface area contributed by atoms with Crippen LogP contribution in [0.2, 0.25) is 0 Å². The SMILES string of the molecule is COc1cc([N+](=O)[O-])c(C(=O)N(c2cccc(C#N)c2)C(C)C)cc1SC. The molecule has 0 radical (unpaired) electrons. The first-order valence-electron chi connectivity index (χ1n) is 8.08. The molecule has 0 aliphatic rings. The maximum atomic E-state index is 13.3. The molecule has 0 N–H and O–H groups in total. The van der Waals surface area contributed by atoms with Crippen LogP contribution < -0.4 is 9.64 Å². The topological polar surface area (TPSA) is 96.5 Å². The number of methoxy groups -OCH3 is 1. The molecule has 0 spiro atoms. The number of rotatable bonds is 6. The Morgan fingerprint density at radius 1 is 1.33 bits per heavy atom. The number of nitriles is 1. The number of hydrogen-bond donors (Lipinski definition) is 0. The minimum atomic E-state index is -0.593. The number of nitrogens with zero attached hydrogens (tertiary/aromatic N) is 3. The number of hydrogen-bond acceptors (Lipinski definition) is 6. The van der Waals surface area contributed by atoms with Crippen LogP contribution in [0.15, 0.2) is 41.3 Å². The van der Waals surface area contributed by atoms with Gasteiger partial charge in [0.1, 0.15) is 11.3 Å². The Hall–Kier alpha value is -3.05. The zero-order valence-corrected chi connectivity index (χ0v) is 16.2. The van der Waals surface area contributed by atoms with Gasteiger partial charge in [0.15, 0.2) is 0 Å². The molecule has 0 fully saturated rings. The Labute approximate surface area is 161 Å². The Morgan fingerprint density at radius 3 is 2.56 bits per heavy atom. The van der Waals surface area contributed by atoms with Gasteiger partial charge in [-0.05, 0) is 44.4 Å². The summed E-state index contributed by atoms with van der Waals surface area (Å²) in [6.07, 6.45) is 1.80. The molecule has 140 valence electrons. The molecule has 0 aliphatic heterocycles. The molecule has 0 saturated carbocycles. The summed E-state index contributed by atoms with van der Waals surface area (Å²) in [4.78, 5) is 26.3. The first-order valence-corrected chi connectivity index (χ1v) is 9.30. The number of carbonyl (C=O) groups excluding carboxylic acids is 1. The lowest BCUT2D eigenvalue weighted by molar-refractivity contribution is -0.385. The van der Waals surface area contributed by atoms with Gasteiger partial charge in [-0.1, -0.05) is 6.07 Å². The summed E-state index contributed by atoms with van der Waals surface area (Å²) in [5, 5.41) is 20.7. The zero-order chi connectivity index (χ0) is 20.1. The predicted octanol–water partition coefficient (Wildman–Crippen LogP) is 4.25. The second-order valence-electron chi connectivity index (χ2n) is 5.91. The molecular weight excluding hydrogens is 366 g/mol. The summed E-state index contributed by atoms with van der Waals surface area (Å²) >= 11 is 1.33. The van der Waals surface area contributed by atoms with E-state index in [1.54, 1.807) is 30.5 Å². The van der Waals surface area contributed by atoms with E-state index in [9.17, 15) is 14.9 Å². The summed E-state index contributed by atoms with van der Waals surface area (Å²) in [6, 6.07) is 11.1. The maximum Gasteiger partial charge on any atom is 0.285 e. The molecule has 27 heavy (non-hydrogen) atoms. The molecule has 2 aromatic rings. The molecule has 0 bridgehead atoms. The van der Waals surface area contributed by atoms with Crippen LogP contribution in [0.25, 0.3) is 0 Å². The van der Waals surface area contributed by atoms with Gasteiger partial charge in [0.2, 0.25) is 0 Å². The van der Waals surface area contributed by atoms with E-state index in [2.05, 4.69) is 0 Å². The summed E-state index contributed by atoms with van der Waals surface area (Å²) in [5.41, 5.74) is 0.558. The van der Waals surface area contributed by atoms with Gasteiger partial charge < -0.3 is 9.64 Å². The molecular formula is C19H19N3O4S. The van der Waals surface area contributed by atoms with Crippen LogP contribution in [0, 0.1) is 21.4 Å². The monoisotopic (exact) mass is 385 g/mol. The normalized spacial score (nSPS) is 10.4. The third-order valence-corrected chi connectivity index (χ3v) is 4.68. The van der Waals surface area contributed by atoms with E-state index in [1.165, 1.54) is 35.9 Å². The van der Waals surface area contributed by atoms with Gasteiger partial charge in [0.25, 0.3) is 11.6 Å². The average Bonchev–Trinajstić information content (AvgIpc) is 2.66. The first kappa shape index (κ1) is 20.3. The van der Waals surface area contributed by atoms with Gasteiger partial charge in [-0.15, -0.1) is 11.8 Å². The fourth-order valence-electron chi connectivity index (χ4n) is 2.70. The molecule has 0 heterocycles. The molecule has 0 aliphatic carbocycles. The fourth-order valence-corrected chi connectivity index (χ4v) is 3.27. The van der Waals surface area contributed by atoms with E-state index >= 15 is 0 Å². The van der Waals surface area contributed by atoms with Gasteiger partial charge in [0, 0.05) is 11.7 Å². The van der Waals surface area contributed by atoms with Gasteiger partial charge in [0.05, 0.1) is 34.6 Å². The van der Waals surface area contributed by atoms with E-state index in [0.29, 0.717) is 21.9 Å². The Bertz CT molecular complexity index is 922. The van der Waals surface area contributed by atoms with E-state index in [0.717, 1.165) is 0 Å². The first-order chi connectivity index (χ1) is 12.8. The number of thioether (sulfide) groups is 1. The molecule has 7 nitrogen and oxygen atoms in total. The van der Waals surface area contributed by atoms with Crippen LogP contribution >= 0.6 is 11.8 Å². The highest BCUT2D eigenvalue weighted by Gasteiger charge is 2.29. The van der Waals surface area contributed by atoms with Crippen molar-refractivity contribution in [2.24, 2.45) is 0 Å². The minimum Gasteiger partial charge on any atom is -0.495 e. The smallest absolute Gasteiger partial charge is 0.285 e. The highest BCUT2D eigenvalue weighted by Crippen LogP contribution is 2.36. The van der Waals surface area contributed by atoms with Crippen molar-refractivity contribution in [1.82, 2.24) is 0 Å². The van der Waals surface area contributed by atoms with Crippen LogP contribution in [-0.2, 0) is 0 Å². The van der Waals surface area contributed by atoms with Crippen molar-refractivity contribution < 1.29 is 14.5 Å². The van der Waals surface area contributed by atoms with E-state index in [1.807, 2.05) is 19.9 Å². The van der Waals surface area contributed by atoms with Crippen molar-refractivity contribution in [1.29, 1.82) is 5.26 Å². The van der Waals surface area contributed by atoms with Crippen LogP contribution in [-0.4, -0.2) is 30.2 Å². The van der Waals surface area contributed by atoms with Crippen molar-refractivity contribution in [2.75, 3.05) is 18.3 Å². The van der Waals surface area contributed by atoms with Crippen molar-refractivity contribution in [3.8, 4) is 11.8 Å². The molecule has 1 amide bonds. The number of anilines is 1. The molecule has 0 unspecified atom stereocenters. The lowest BCUT2D eigenvalue weighted by Crippen LogP contribution is -2.37. The van der Waals surface area contributed by atoms with Gasteiger partial charge in [-0.3, -0.25) is 14.9 Å². The maximum absolute atomic E-state index is 13.3. The number of nitro groups is 1. The summed E-state index contributed by atoms with van der Waals surface area (Å²) in [5.74, 6) is -0.168. The standard InChI is InChI=1S/C19H19N3O4S/c1-12(2)21(14-7-5-6-13(8-14)11-20)19(23)15-9-18(27-4)17(26-3)10-16(15)22(24)25/h5-10,12H,1-4H3. The minimum absolute atomic E-state index is 0.0267. The molecule has 2 rings (SSSR count). The van der Waals surface area contributed by atoms with Crippen molar-refractivity contribution in [3.05, 3.63) is 57.6 Å². The van der Waals surface area contributed by atoms with Crippen LogP contribution in [0.5, 0.6) is 5.75 Å². The molecule has 8 heteroatoms. The highest BCUT2D eigenvalue weighted by atomic mass is 32.2. The predicted molar refractivity (Wildman–Crippen MR) is 105 cm³/mol. The van der Waals surface area contributed by atoms with Crippen molar-refractivity contribution in [2.45, 2.75) is 24.8 Å². The Kier molecular flexibility index (Phi) is 6.42. The summed E-state index contributed by atoms with van der Waals surface area (Å²) in [7, 11) is 1.42. The van der Waals surface area contributed by atoms with Crippen molar-refractivity contribution in [3.63, 3.8) is 0 Å². The van der Waals surface area contributed by atoms with Crippen LogP contribution in [0.1, 0.15) is 29.8 Å². The zero-order valence-electron chi connectivity index (χ0n) is 15.4. The van der Waals surface area contributed by atoms with Crippen LogP contribution in [0.3, 0.4) is 0 Å². The number of benzene rings is 2. The second-order valence-corrected chi connectivity index (χ2v) is 6.76. The molecule has 0 aromatic heterocycles. The largest absolute Gasteiger partial charge is 0.495 e. The van der Waals surface area contributed by atoms with Gasteiger partial charge >= 0.3 is 0 Å². The summed E-state index contributed by atoms with van der Waals surface area (Å²) < 4.78 is 5.20. The number of carbonyl (C=O) groups is 1. The molecule has 2 aromatic carbocycles.